The first-order valence-electron chi connectivity index (χ1n) is 11.6. The number of carbonyl (C=O) groups is 2. The molecule has 0 spiro atoms. The number of fused-ring (bicyclic) bond motifs is 1. The van der Waals surface area contributed by atoms with E-state index in [1.165, 1.54) is 12.1 Å². The van der Waals surface area contributed by atoms with Gasteiger partial charge in [0.15, 0.2) is 11.5 Å². The van der Waals surface area contributed by atoms with Crippen LogP contribution in [0.25, 0.3) is 0 Å². The van der Waals surface area contributed by atoms with Gasteiger partial charge in [0.1, 0.15) is 5.75 Å². The first kappa shape index (κ1) is 24.5. The maximum absolute atomic E-state index is 13.5. The summed E-state index contributed by atoms with van der Waals surface area (Å²) in [5.74, 6) is 0.420. The molecule has 0 aliphatic carbocycles. The molecule has 2 aliphatic rings. The van der Waals surface area contributed by atoms with E-state index in [4.69, 9.17) is 14.2 Å². The highest BCUT2D eigenvalue weighted by molar-refractivity contribution is 6.00. The largest absolute Gasteiger partial charge is 0.497 e. The molecule has 0 bridgehead atoms. The molecule has 5 rings (SSSR count). The number of alkyl halides is 3. The van der Waals surface area contributed by atoms with Crippen LogP contribution in [-0.2, 0) is 15.8 Å². The van der Waals surface area contributed by atoms with Crippen LogP contribution in [0.15, 0.2) is 66.7 Å². The van der Waals surface area contributed by atoms with Crippen molar-refractivity contribution in [2.24, 2.45) is 5.92 Å². The molecule has 3 aromatic rings. The van der Waals surface area contributed by atoms with Gasteiger partial charge in [0.05, 0.1) is 24.6 Å². The molecule has 10 heteroatoms. The summed E-state index contributed by atoms with van der Waals surface area (Å²) in [5.41, 5.74) is 0.679. The summed E-state index contributed by atoms with van der Waals surface area (Å²) in [6.45, 7) is 0.0762. The number of amides is 2. The van der Waals surface area contributed by atoms with Crippen molar-refractivity contribution in [1.82, 2.24) is 0 Å². The van der Waals surface area contributed by atoms with Crippen LogP contribution in [0, 0.1) is 5.92 Å². The van der Waals surface area contributed by atoms with Gasteiger partial charge in [-0.3, -0.25) is 9.59 Å². The molecular weight excluding hydrogens is 489 g/mol. The predicted octanol–water partition coefficient (Wildman–Crippen LogP) is 5.57. The number of rotatable bonds is 5. The number of hydrogen-bond acceptors (Lipinski definition) is 5. The lowest BCUT2D eigenvalue weighted by Gasteiger charge is -2.41. The lowest BCUT2D eigenvalue weighted by Crippen LogP contribution is -2.47. The summed E-state index contributed by atoms with van der Waals surface area (Å²) >= 11 is 0. The normalized spacial score (nSPS) is 19.0. The first-order valence-corrected chi connectivity index (χ1v) is 11.6. The molecule has 2 amide bonds. The first-order chi connectivity index (χ1) is 17.7. The number of benzene rings is 3. The summed E-state index contributed by atoms with van der Waals surface area (Å²) in [6, 6.07) is 15.8. The fraction of sp³-hybridized carbons (Fsp3) is 0.259. The SMILES string of the molecule is COc1ccc(C2C(C(=O)Nc3ccc(C(F)(F)F)cc3)CCC(=O)N2c2ccc3c(c2)OCO3)cc1. The highest BCUT2D eigenvalue weighted by atomic mass is 19.4. The zero-order chi connectivity index (χ0) is 26.2. The predicted molar refractivity (Wildman–Crippen MR) is 129 cm³/mol. The highest BCUT2D eigenvalue weighted by Gasteiger charge is 2.42. The van der Waals surface area contributed by atoms with Crippen molar-refractivity contribution in [3.8, 4) is 17.2 Å². The van der Waals surface area contributed by atoms with Gasteiger partial charge < -0.3 is 24.4 Å². The van der Waals surface area contributed by atoms with E-state index in [9.17, 15) is 22.8 Å². The van der Waals surface area contributed by atoms with Crippen molar-refractivity contribution in [1.29, 1.82) is 0 Å². The van der Waals surface area contributed by atoms with Crippen LogP contribution in [-0.4, -0.2) is 25.7 Å². The molecule has 37 heavy (non-hydrogen) atoms. The molecule has 192 valence electrons. The van der Waals surface area contributed by atoms with Gasteiger partial charge in [-0.15, -0.1) is 0 Å². The summed E-state index contributed by atoms with van der Waals surface area (Å²) in [7, 11) is 1.54. The van der Waals surface area contributed by atoms with E-state index in [1.54, 1.807) is 54.5 Å². The molecule has 2 unspecified atom stereocenters. The van der Waals surface area contributed by atoms with Gasteiger partial charge in [-0.25, -0.2) is 0 Å². The molecule has 1 N–H and O–H groups in total. The van der Waals surface area contributed by atoms with Gasteiger partial charge >= 0.3 is 6.18 Å². The Morgan fingerprint density at radius 2 is 1.70 bits per heavy atom. The van der Waals surface area contributed by atoms with E-state index in [1.807, 2.05) is 0 Å². The standard InChI is InChI=1S/C27H23F3N2O5/c1-35-20-9-2-16(3-10-20)25-21(26(34)31-18-6-4-17(5-7-18)27(28,29)30)11-13-24(33)32(25)19-8-12-22-23(14-19)37-15-36-22/h2-10,12,14,21,25H,11,13,15H2,1H3,(H,31,34). The average Bonchev–Trinajstić information content (AvgIpc) is 3.36. The maximum atomic E-state index is 13.5. The second-order valence-corrected chi connectivity index (χ2v) is 8.73. The number of piperidine rings is 1. The Kier molecular flexibility index (Phi) is 6.41. The molecule has 2 heterocycles. The molecule has 1 fully saturated rings. The molecule has 2 atom stereocenters. The van der Waals surface area contributed by atoms with Gasteiger partial charge in [0.25, 0.3) is 0 Å². The number of hydrogen-bond donors (Lipinski definition) is 1. The Hall–Kier alpha value is -4.21. The number of nitrogens with zero attached hydrogens (tertiary/aromatic N) is 1. The lowest BCUT2D eigenvalue weighted by atomic mass is 9.83. The minimum Gasteiger partial charge on any atom is -0.497 e. The topological polar surface area (TPSA) is 77.1 Å². The Bertz CT molecular complexity index is 1310. The average molecular weight is 512 g/mol. The van der Waals surface area contributed by atoms with Crippen LogP contribution in [0.2, 0.25) is 0 Å². The second kappa shape index (κ2) is 9.68. The second-order valence-electron chi connectivity index (χ2n) is 8.73. The summed E-state index contributed by atoms with van der Waals surface area (Å²) in [4.78, 5) is 28.3. The van der Waals surface area contributed by atoms with Crippen LogP contribution in [0.3, 0.4) is 0 Å². The number of anilines is 2. The van der Waals surface area contributed by atoms with Gasteiger partial charge in [-0.2, -0.15) is 13.2 Å². The monoisotopic (exact) mass is 512 g/mol. The molecular formula is C27H23F3N2O5. The minimum absolute atomic E-state index is 0.0762. The Morgan fingerprint density at radius 1 is 1.00 bits per heavy atom. The van der Waals surface area contributed by atoms with E-state index < -0.39 is 29.6 Å². The molecule has 3 aromatic carbocycles. The molecule has 1 saturated heterocycles. The highest BCUT2D eigenvalue weighted by Crippen LogP contribution is 2.44. The smallest absolute Gasteiger partial charge is 0.416 e. The lowest BCUT2D eigenvalue weighted by molar-refractivity contribution is -0.137. The Balaban J connectivity index is 1.49. The maximum Gasteiger partial charge on any atom is 0.416 e. The molecule has 0 saturated carbocycles. The number of halogens is 3. The molecule has 2 aliphatic heterocycles. The molecule has 0 aromatic heterocycles. The van der Waals surface area contributed by atoms with Crippen molar-refractivity contribution in [2.45, 2.75) is 25.1 Å². The van der Waals surface area contributed by atoms with Crippen molar-refractivity contribution < 1.29 is 37.0 Å². The van der Waals surface area contributed by atoms with Crippen LogP contribution in [0.5, 0.6) is 17.2 Å². The van der Waals surface area contributed by atoms with Crippen molar-refractivity contribution >= 4 is 23.2 Å². The quantitative estimate of drug-likeness (QED) is 0.484. The van der Waals surface area contributed by atoms with E-state index in [2.05, 4.69) is 5.32 Å². The minimum atomic E-state index is -4.48. The van der Waals surface area contributed by atoms with Gasteiger partial charge in [0.2, 0.25) is 18.6 Å². The van der Waals surface area contributed by atoms with Gasteiger partial charge in [-0.1, -0.05) is 12.1 Å². The van der Waals surface area contributed by atoms with E-state index >= 15 is 0 Å². The number of nitrogens with one attached hydrogen (secondary N) is 1. The summed E-state index contributed by atoms with van der Waals surface area (Å²) < 4.78 is 54.9. The van der Waals surface area contributed by atoms with E-state index in [0.29, 0.717) is 28.5 Å². The Labute approximate surface area is 210 Å². The fourth-order valence-corrected chi connectivity index (χ4v) is 4.67. The third-order valence-electron chi connectivity index (χ3n) is 6.51. The van der Waals surface area contributed by atoms with Crippen LogP contribution in [0.4, 0.5) is 24.5 Å². The van der Waals surface area contributed by atoms with Crippen molar-refractivity contribution in [3.05, 3.63) is 77.9 Å². The molecule has 7 nitrogen and oxygen atoms in total. The van der Waals surface area contributed by atoms with Crippen LogP contribution >= 0.6 is 0 Å². The number of methoxy groups -OCH3 is 1. The zero-order valence-electron chi connectivity index (χ0n) is 19.7. The molecule has 0 radical (unpaired) electrons. The number of carbonyl (C=O) groups excluding carboxylic acids is 2. The van der Waals surface area contributed by atoms with Crippen LogP contribution < -0.4 is 24.4 Å². The van der Waals surface area contributed by atoms with Gasteiger partial charge in [-0.05, 0) is 60.5 Å². The van der Waals surface area contributed by atoms with Crippen LogP contribution in [0.1, 0.15) is 30.0 Å². The summed E-state index contributed by atoms with van der Waals surface area (Å²) in [6.07, 6.45) is -4.09. The van der Waals surface area contributed by atoms with E-state index in [0.717, 1.165) is 12.1 Å². The van der Waals surface area contributed by atoms with E-state index in [-0.39, 0.29) is 31.2 Å². The zero-order valence-corrected chi connectivity index (χ0v) is 19.7. The third-order valence-corrected chi connectivity index (χ3v) is 6.51. The number of ether oxygens (including phenoxy) is 3. The fourth-order valence-electron chi connectivity index (χ4n) is 4.67. The van der Waals surface area contributed by atoms with Crippen molar-refractivity contribution in [2.75, 3.05) is 24.1 Å². The van der Waals surface area contributed by atoms with Crippen molar-refractivity contribution in [3.63, 3.8) is 0 Å². The summed E-state index contributed by atoms with van der Waals surface area (Å²) in [5, 5.41) is 2.73. The van der Waals surface area contributed by atoms with Gasteiger partial charge in [0, 0.05) is 23.9 Å². The Morgan fingerprint density at radius 3 is 2.38 bits per heavy atom. The third kappa shape index (κ3) is 4.91.